The predicted molar refractivity (Wildman–Crippen MR) is 109 cm³/mol. The van der Waals surface area contributed by atoms with Gasteiger partial charge in [0, 0.05) is 12.8 Å². The summed E-state index contributed by atoms with van der Waals surface area (Å²) in [7, 11) is 5.38. The summed E-state index contributed by atoms with van der Waals surface area (Å²) < 4.78 is 18.2. The molecule has 0 saturated heterocycles. The zero-order valence-corrected chi connectivity index (χ0v) is 17.6. The maximum absolute atomic E-state index is 11.4. The number of benzene rings is 2. The van der Waals surface area contributed by atoms with Crippen LogP contribution in [0.4, 0.5) is 0 Å². The van der Waals surface area contributed by atoms with E-state index in [1.807, 2.05) is 0 Å². The molecule has 8 heteroatoms. The normalized spacial score (nSPS) is 9.73. The molecule has 0 N–H and O–H groups in total. The number of unbranched alkanes of at least 4 members (excludes halogenated alkanes) is 1. The van der Waals surface area contributed by atoms with Crippen molar-refractivity contribution >= 4 is 34.6 Å². The number of fused-ring (bicyclic) bond motifs is 1. The maximum atomic E-state index is 11.4. The van der Waals surface area contributed by atoms with E-state index in [-0.39, 0.29) is 23.9 Å². The Hall–Kier alpha value is -3.42. The van der Waals surface area contributed by atoms with Gasteiger partial charge in [0.15, 0.2) is 0 Å². The summed E-state index contributed by atoms with van der Waals surface area (Å²) in [6.07, 6.45) is 2.07. The molecule has 0 aliphatic carbocycles. The first-order valence-electron chi connectivity index (χ1n) is 9.20. The zero-order valence-electron chi connectivity index (χ0n) is 17.6. The lowest BCUT2D eigenvalue weighted by molar-refractivity contribution is -0.142. The Bertz CT molecular complexity index is 815. The summed E-state index contributed by atoms with van der Waals surface area (Å²) in [5, 5.41) is 1.73. The molecule has 2 rings (SSSR count). The number of methoxy groups -OCH3 is 4. The van der Waals surface area contributed by atoms with Crippen LogP contribution in [0, 0.1) is 0 Å². The van der Waals surface area contributed by atoms with E-state index in [2.05, 4.69) is 18.9 Å². The third kappa shape index (κ3) is 7.90. The highest BCUT2D eigenvalue weighted by molar-refractivity contribution is 5.98. The van der Waals surface area contributed by atoms with Crippen molar-refractivity contribution < 1.29 is 38.1 Å². The van der Waals surface area contributed by atoms with Gasteiger partial charge in [-0.25, -0.2) is 9.59 Å². The van der Waals surface area contributed by atoms with E-state index >= 15 is 0 Å². The van der Waals surface area contributed by atoms with Crippen LogP contribution in [0.15, 0.2) is 36.4 Å². The van der Waals surface area contributed by atoms with Gasteiger partial charge in [-0.3, -0.25) is 9.59 Å². The minimum atomic E-state index is -0.381. The molecule has 0 unspecified atom stereocenters. The minimum Gasteiger partial charge on any atom is -0.469 e. The third-order valence-corrected chi connectivity index (χ3v) is 4.15. The first-order chi connectivity index (χ1) is 14.4. The number of hydrogen-bond acceptors (Lipinski definition) is 8. The Kier molecular flexibility index (Phi) is 10.6. The van der Waals surface area contributed by atoms with E-state index in [9.17, 15) is 19.2 Å². The van der Waals surface area contributed by atoms with E-state index in [0.717, 1.165) is 10.8 Å². The molecule has 30 heavy (non-hydrogen) atoms. The molecule has 2 aromatic carbocycles. The molecule has 0 heterocycles. The van der Waals surface area contributed by atoms with Crippen LogP contribution >= 0.6 is 0 Å². The van der Waals surface area contributed by atoms with E-state index in [1.54, 1.807) is 36.4 Å². The Morgan fingerprint density at radius 2 is 0.967 bits per heavy atom. The lowest BCUT2D eigenvalue weighted by atomic mass is 10.0. The van der Waals surface area contributed by atoms with Crippen molar-refractivity contribution in [1.82, 2.24) is 0 Å². The number of ether oxygens (including phenoxy) is 4. The summed E-state index contributed by atoms with van der Waals surface area (Å²) in [5.41, 5.74) is 0.964. The number of rotatable bonds is 7. The highest BCUT2D eigenvalue weighted by atomic mass is 16.5. The molecule has 0 aliphatic rings. The summed E-state index contributed by atoms with van der Waals surface area (Å²) >= 11 is 0. The second-order valence-corrected chi connectivity index (χ2v) is 6.12. The average Bonchev–Trinajstić information content (AvgIpc) is 2.79. The summed E-state index contributed by atoms with van der Waals surface area (Å²) in [6, 6.07) is 10.3. The van der Waals surface area contributed by atoms with Gasteiger partial charge in [0.1, 0.15) is 0 Å². The molecule has 0 amide bonds. The van der Waals surface area contributed by atoms with Crippen LogP contribution in [0.3, 0.4) is 0 Å². The maximum Gasteiger partial charge on any atom is 0.337 e. The molecule has 2 aromatic rings. The van der Waals surface area contributed by atoms with Crippen LogP contribution < -0.4 is 0 Å². The second-order valence-electron chi connectivity index (χ2n) is 6.12. The summed E-state index contributed by atoms with van der Waals surface area (Å²) in [5.74, 6) is -1.23. The number of carbonyl (C=O) groups excluding carboxylic acids is 4. The Balaban J connectivity index is 0.000000329. The first-order valence-corrected chi connectivity index (χ1v) is 9.20. The van der Waals surface area contributed by atoms with Gasteiger partial charge in [0.25, 0.3) is 0 Å². The quantitative estimate of drug-likeness (QED) is 0.383. The fourth-order valence-electron chi connectivity index (χ4n) is 2.48. The third-order valence-electron chi connectivity index (χ3n) is 4.15. The molecule has 162 valence electrons. The van der Waals surface area contributed by atoms with Gasteiger partial charge in [-0.05, 0) is 47.9 Å². The van der Waals surface area contributed by atoms with Gasteiger partial charge in [-0.2, -0.15) is 0 Å². The Labute approximate surface area is 175 Å². The monoisotopic (exact) mass is 418 g/mol. The molecule has 0 radical (unpaired) electrons. The molecule has 0 aromatic heterocycles. The van der Waals surface area contributed by atoms with Crippen LogP contribution in [-0.4, -0.2) is 52.3 Å². The summed E-state index contributed by atoms with van der Waals surface area (Å²) in [6.45, 7) is 0. The van der Waals surface area contributed by atoms with Crippen LogP contribution in [0.1, 0.15) is 46.4 Å². The molecule has 0 atom stereocenters. The SMILES string of the molecule is COC(=O)CCCCC(=O)OC.COC(=O)c1ccc2cc(C(=O)OC)ccc2c1. The molecule has 0 spiro atoms. The van der Waals surface area contributed by atoms with E-state index in [4.69, 9.17) is 0 Å². The van der Waals surface area contributed by atoms with E-state index in [0.29, 0.717) is 36.8 Å². The fraction of sp³-hybridized carbons (Fsp3) is 0.364. The lowest BCUT2D eigenvalue weighted by Gasteiger charge is -2.04. The molecular formula is C22H26O8. The fourth-order valence-corrected chi connectivity index (χ4v) is 2.48. The molecule has 8 nitrogen and oxygen atoms in total. The van der Waals surface area contributed by atoms with E-state index in [1.165, 1.54) is 28.4 Å². The highest BCUT2D eigenvalue weighted by Gasteiger charge is 2.09. The van der Waals surface area contributed by atoms with Crippen LogP contribution in [0.5, 0.6) is 0 Å². The average molecular weight is 418 g/mol. The zero-order chi connectivity index (χ0) is 22.5. The van der Waals surface area contributed by atoms with Crippen molar-refractivity contribution in [2.24, 2.45) is 0 Å². The molecular weight excluding hydrogens is 392 g/mol. The summed E-state index contributed by atoms with van der Waals surface area (Å²) in [4.78, 5) is 43.9. The predicted octanol–water partition coefficient (Wildman–Crippen LogP) is 3.31. The lowest BCUT2D eigenvalue weighted by Crippen LogP contribution is -2.02. The Morgan fingerprint density at radius 1 is 0.600 bits per heavy atom. The smallest absolute Gasteiger partial charge is 0.337 e. The van der Waals surface area contributed by atoms with Gasteiger partial charge < -0.3 is 18.9 Å². The Morgan fingerprint density at radius 3 is 1.27 bits per heavy atom. The number of hydrogen-bond donors (Lipinski definition) is 0. The minimum absolute atomic E-state index is 0.236. The van der Waals surface area contributed by atoms with Crippen molar-refractivity contribution in [3.63, 3.8) is 0 Å². The topological polar surface area (TPSA) is 105 Å². The molecule has 0 bridgehead atoms. The van der Waals surface area contributed by atoms with Crippen LogP contribution in [0.2, 0.25) is 0 Å². The largest absolute Gasteiger partial charge is 0.469 e. The standard InChI is InChI=1S/C14H12O4.C8H14O4/c1-17-13(15)11-5-3-10-8-12(14(16)18-2)6-4-9(10)7-11;1-11-7(9)5-3-4-6-8(10)12-2/h3-8H,1-2H3;3-6H2,1-2H3. The van der Waals surface area contributed by atoms with Crippen molar-refractivity contribution in [2.75, 3.05) is 28.4 Å². The molecule has 0 saturated carbocycles. The van der Waals surface area contributed by atoms with Gasteiger partial charge in [-0.1, -0.05) is 12.1 Å². The van der Waals surface area contributed by atoms with Crippen molar-refractivity contribution in [2.45, 2.75) is 25.7 Å². The van der Waals surface area contributed by atoms with Crippen LogP contribution in [-0.2, 0) is 28.5 Å². The van der Waals surface area contributed by atoms with Crippen molar-refractivity contribution in [1.29, 1.82) is 0 Å². The van der Waals surface area contributed by atoms with Gasteiger partial charge in [0.2, 0.25) is 0 Å². The highest BCUT2D eigenvalue weighted by Crippen LogP contribution is 2.19. The van der Waals surface area contributed by atoms with Crippen molar-refractivity contribution in [3.8, 4) is 0 Å². The van der Waals surface area contributed by atoms with Gasteiger partial charge in [0.05, 0.1) is 39.6 Å². The van der Waals surface area contributed by atoms with Crippen LogP contribution in [0.25, 0.3) is 10.8 Å². The van der Waals surface area contributed by atoms with E-state index < -0.39 is 0 Å². The van der Waals surface area contributed by atoms with Crippen molar-refractivity contribution in [3.05, 3.63) is 47.5 Å². The second kappa shape index (κ2) is 12.9. The van der Waals surface area contributed by atoms with Gasteiger partial charge in [-0.15, -0.1) is 0 Å². The van der Waals surface area contributed by atoms with Gasteiger partial charge >= 0.3 is 23.9 Å². The molecule has 0 fully saturated rings. The number of esters is 4. The first kappa shape index (κ1) is 24.6. The molecule has 0 aliphatic heterocycles. The number of carbonyl (C=O) groups is 4.